The predicted octanol–water partition coefficient (Wildman–Crippen LogP) is 0.872. The van der Waals surface area contributed by atoms with Gasteiger partial charge in [-0.1, -0.05) is 0 Å². The summed E-state index contributed by atoms with van der Waals surface area (Å²) >= 11 is 0. The molecule has 1 atom stereocenters. The molecule has 0 bridgehead atoms. The molecule has 0 aliphatic carbocycles. The van der Waals surface area contributed by atoms with E-state index in [1.54, 1.807) is 0 Å². The van der Waals surface area contributed by atoms with Gasteiger partial charge in [-0.3, -0.25) is 0 Å². The maximum absolute atomic E-state index is 5.31. The Morgan fingerprint density at radius 1 is 1.40 bits per heavy atom. The van der Waals surface area contributed by atoms with Crippen LogP contribution in [0.4, 0.5) is 0 Å². The summed E-state index contributed by atoms with van der Waals surface area (Å²) in [6, 6.07) is 0. The molecule has 0 aromatic carbocycles. The Morgan fingerprint density at radius 3 is 2.50 bits per heavy atom. The van der Waals surface area contributed by atoms with Crippen LogP contribution in [0.1, 0.15) is 12.8 Å². The minimum atomic E-state index is 0.503. The molecule has 10 heavy (non-hydrogen) atoms. The highest BCUT2D eigenvalue weighted by molar-refractivity contribution is 4.61. The highest BCUT2D eigenvalue weighted by atomic mass is 16.5. The molecular weight excluding hydrogens is 126 g/mol. The lowest BCUT2D eigenvalue weighted by Gasteiger charge is -2.37. The van der Waals surface area contributed by atoms with Gasteiger partial charge in [-0.2, -0.15) is 0 Å². The molecule has 0 radical (unpaired) electrons. The molecule has 0 spiro atoms. The number of quaternary nitrogens is 1. The van der Waals surface area contributed by atoms with Crippen LogP contribution in [0.2, 0.25) is 0 Å². The van der Waals surface area contributed by atoms with Crippen LogP contribution in [-0.4, -0.2) is 44.9 Å². The Morgan fingerprint density at radius 2 is 2.10 bits per heavy atom. The first kappa shape index (κ1) is 8.02. The number of rotatable bonds is 1. The first-order valence-electron chi connectivity index (χ1n) is 3.99. The van der Waals surface area contributed by atoms with Crippen molar-refractivity contribution in [3.8, 4) is 0 Å². The largest absolute Gasteiger partial charge is 0.376 e. The maximum Gasteiger partial charge on any atom is 0.106 e. The molecule has 1 aliphatic rings. The summed E-state index contributed by atoms with van der Waals surface area (Å²) in [5.74, 6) is 0. The summed E-state index contributed by atoms with van der Waals surface area (Å²) in [4.78, 5) is 0. The molecule has 60 valence electrons. The van der Waals surface area contributed by atoms with E-state index in [0.717, 1.165) is 4.48 Å². The molecule has 1 aliphatic heterocycles. The Hall–Kier alpha value is -0.0800. The summed E-state index contributed by atoms with van der Waals surface area (Å²) < 4.78 is 6.43. The highest BCUT2D eigenvalue weighted by Gasteiger charge is 2.26. The normalized spacial score (nSPS) is 32.1. The molecule has 1 rings (SSSR count). The van der Waals surface area contributed by atoms with Gasteiger partial charge in [-0.15, -0.1) is 0 Å². The van der Waals surface area contributed by atoms with Gasteiger partial charge in [0.2, 0.25) is 0 Å². The number of methoxy groups -OCH3 is 1. The zero-order valence-electron chi connectivity index (χ0n) is 7.26. The third-order valence-corrected chi connectivity index (χ3v) is 2.32. The maximum atomic E-state index is 5.31. The molecule has 1 fully saturated rings. The fourth-order valence-corrected chi connectivity index (χ4v) is 1.67. The molecule has 1 saturated heterocycles. The van der Waals surface area contributed by atoms with Crippen molar-refractivity contribution in [3.63, 3.8) is 0 Å². The number of piperidine rings is 1. The summed E-state index contributed by atoms with van der Waals surface area (Å²) in [6.45, 7) is 2.48. The van der Waals surface area contributed by atoms with E-state index >= 15 is 0 Å². The van der Waals surface area contributed by atoms with Gasteiger partial charge in [-0.05, 0) is 12.8 Å². The van der Waals surface area contributed by atoms with Gasteiger partial charge in [0.05, 0.1) is 20.6 Å². The van der Waals surface area contributed by atoms with Crippen molar-refractivity contribution in [2.24, 2.45) is 0 Å². The molecule has 0 N–H and O–H groups in total. The van der Waals surface area contributed by atoms with E-state index in [-0.39, 0.29) is 0 Å². The van der Waals surface area contributed by atoms with E-state index < -0.39 is 0 Å². The Bertz CT molecular complexity index is 112. The Balaban J connectivity index is 2.40. The van der Waals surface area contributed by atoms with Crippen molar-refractivity contribution in [2.75, 3.05) is 34.3 Å². The third kappa shape index (κ3) is 1.96. The zero-order valence-corrected chi connectivity index (χ0v) is 7.26. The fourth-order valence-electron chi connectivity index (χ4n) is 1.67. The second-order valence-corrected chi connectivity index (χ2v) is 3.84. The van der Waals surface area contributed by atoms with E-state index in [0.29, 0.717) is 6.10 Å². The lowest BCUT2D eigenvalue weighted by molar-refractivity contribution is -0.898. The first-order valence-corrected chi connectivity index (χ1v) is 3.99. The quantitative estimate of drug-likeness (QED) is 0.496. The van der Waals surface area contributed by atoms with Crippen LogP contribution in [-0.2, 0) is 4.74 Å². The van der Waals surface area contributed by atoms with Gasteiger partial charge >= 0.3 is 0 Å². The van der Waals surface area contributed by atoms with Crippen LogP contribution in [0.3, 0.4) is 0 Å². The van der Waals surface area contributed by atoms with Crippen LogP contribution in [0, 0.1) is 0 Å². The molecule has 0 aromatic rings. The minimum Gasteiger partial charge on any atom is -0.376 e. The van der Waals surface area contributed by atoms with E-state index in [9.17, 15) is 0 Å². The van der Waals surface area contributed by atoms with Gasteiger partial charge in [0, 0.05) is 7.11 Å². The number of likely N-dealkylation sites (N-methyl/N-ethyl adjacent to an activating group) is 1. The van der Waals surface area contributed by atoms with Crippen molar-refractivity contribution in [3.05, 3.63) is 0 Å². The number of ether oxygens (including phenoxy) is 1. The lowest BCUT2D eigenvalue weighted by Crippen LogP contribution is -2.50. The average molecular weight is 144 g/mol. The second kappa shape index (κ2) is 2.89. The van der Waals surface area contributed by atoms with Crippen LogP contribution >= 0.6 is 0 Å². The van der Waals surface area contributed by atoms with Gasteiger partial charge < -0.3 is 9.22 Å². The summed E-state index contributed by atoms with van der Waals surface area (Å²) in [6.07, 6.45) is 3.06. The summed E-state index contributed by atoms with van der Waals surface area (Å²) in [7, 11) is 6.35. The fraction of sp³-hybridized carbons (Fsp3) is 1.00. The summed E-state index contributed by atoms with van der Waals surface area (Å²) in [5, 5.41) is 0. The zero-order chi connectivity index (χ0) is 7.61. The smallest absolute Gasteiger partial charge is 0.106 e. The number of likely N-dealkylation sites (tertiary alicyclic amines) is 1. The third-order valence-electron chi connectivity index (χ3n) is 2.32. The van der Waals surface area contributed by atoms with Gasteiger partial charge in [0.15, 0.2) is 0 Å². The monoisotopic (exact) mass is 144 g/mol. The van der Waals surface area contributed by atoms with Gasteiger partial charge in [-0.25, -0.2) is 0 Å². The van der Waals surface area contributed by atoms with Crippen LogP contribution < -0.4 is 0 Å². The van der Waals surface area contributed by atoms with E-state index in [1.807, 2.05) is 7.11 Å². The Kier molecular flexibility index (Phi) is 2.32. The molecule has 0 amide bonds. The summed E-state index contributed by atoms with van der Waals surface area (Å²) in [5.41, 5.74) is 0. The van der Waals surface area contributed by atoms with Crippen molar-refractivity contribution >= 4 is 0 Å². The molecule has 0 saturated carbocycles. The van der Waals surface area contributed by atoms with Crippen LogP contribution in [0.5, 0.6) is 0 Å². The van der Waals surface area contributed by atoms with Crippen molar-refractivity contribution < 1.29 is 9.22 Å². The predicted molar refractivity (Wildman–Crippen MR) is 41.9 cm³/mol. The van der Waals surface area contributed by atoms with E-state index in [4.69, 9.17) is 4.74 Å². The number of hydrogen-bond donors (Lipinski definition) is 0. The average Bonchev–Trinajstić information content (AvgIpc) is 1.86. The number of nitrogens with zero attached hydrogens (tertiary/aromatic N) is 1. The minimum absolute atomic E-state index is 0.503. The first-order chi connectivity index (χ1) is 4.64. The number of hydrogen-bond acceptors (Lipinski definition) is 1. The molecule has 2 heteroatoms. The van der Waals surface area contributed by atoms with Crippen LogP contribution in [0.15, 0.2) is 0 Å². The van der Waals surface area contributed by atoms with Crippen molar-refractivity contribution in [1.82, 2.24) is 0 Å². The molecule has 0 aromatic heterocycles. The SMILES string of the molecule is COC1CCC[N+](C)(C)C1. The van der Waals surface area contributed by atoms with Gasteiger partial charge in [0.25, 0.3) is 0 Å². The van der Waals surface area contributed by atoms with E-state index in [1.165, 1.54) is 25.9 Å². The van der Waals surface area contributed by atoms with E-state index in [2.05, 4.69) is 14.1 Å². The van der Waals surface area contributed by atoms with Crippen molar-refractivity contribution in [1.29, 1.82) is 0 Å². The second-order valence-electron chi connectivity index (χ2n) is 3.84. The topological polar surface area (TPSA) is 9.23 Å². The lowest BCUT2D eigenvalue weighted by atomic mass is 10.1. The highest BCUT2D eigenvalue weighted by Crippen LogP contribution is 2.15. The molecular formula is C8H18NO+. The molecule has 1 unspecified atom stereocenters. The molecule has 2 nitrogen and oxygen atoms in total. The van der Waals surface area contributed by atoms with Gasteiger partial charge in [0.1, 0.15) is 12.6 Å². The van der Waals surface area contributed by atoms with Crippen molar-refractivity contribution in [2.45, 2.75) is 18.9 Å². The van der Waals surface area contributed by atoms with Crippen LogP contribution in [0.25, 0.3) is 0 Å². The molecule has 1 heterocycles. The standard InChI is InChI=1S/C8H18NO/c1-9(2)6-4-5-8(7-9)10-3/h8H,4-7H2,1-3H3/q+1. The Labute approximate surface area is 63.4 Å².